The van der Waals surface area contributed by atoms with Crippen molar-refractivity contribution in [2.45, 2.75) is 16.1 Å². The van der Waals surface area contributed by atoms with Gasteiger partial charge in [0.15, 0.2) is 0 Å². The number of β-amino-alcohol motifs (C(OH)–C–C–N with tert-alkyl or cyclic N) is 1. The van der Waals surface area contributed by atoms with Gasteiger partial charge in [0.05, 0.1) is 6.54 Å². The average Bonchev–Trinajstić information content (AvgIpc) is 2.29. The van der Waals surface area contributed by atoms with Gasteiger partial charge in [0.2, 0.25) is 0 Å². The summed E-state index contributed by atoms with van der Waals surface area (Å²) >= 11 is 15.9. The fraction of sp³-hybridized carbons (Fsp3) is 0.833. The van der Waals surface area contributed by atoms with E-state index in [0.29, 0.717) is 0 Å². The van der Waals surface area contributed by atoms with E-state index in [-0.39, 0.29) is 13.1 Å². The molecule has 0 radical (unpaired) electrons. The van der Waals surface area contributed by atoms with Gasteiger partial charge in [-0.2, -0.15) is 0 Å². The van der Waals surface area contributed by atoms with Gasteiger partial charge in [-0.3, -0.25) is 4.79 Å². The minimum Gasteiger partial charge on any atom is -0.388 e. The van der Waals surface area contributed by atoms with E-state index >= 15 is 0 Å². The van der Waals surface area contributed by atoms with Crippen molar-refractivity contribution in [3.63, 3.8) is 0 Å². The van der Waals surface area contributed by atoms with Gasteiger partial charge in [-0.05, 0) is 0 Å². The lowest BCUT2D eigenvalue weighted by molar-refractivity contribution is -0.129. The predicted octanol–water partition coefficient (Wildman–Crippen LogP) is 0.898. The van der Waals surface area contributed by atoms with Crippen molar-refractivity contribution in [1.29, 1.82) is 0 Å². The van der Waals surface area contributed by atoms with Crippen LogP contribution in [0.3, 0.4) is 0 Å². The fourth-order valence-corrected chi connectivity index (χ4v) is 1.45. The van der Waals surface area contributed by atoms with Crippen LogP contribution in [0.1, 0.15) is 0 Å². The number of nitrogens with zero attached hydrogens (tertiary/aromatic N) is 1. The van der Waals surface area contributed by atoms with Gasteiger partial charge in [-0.25, -0.2) is 4.39 Å². The summed E-state index contributed by atoms with van der Waals surface area (Å²) in [7, 11) is 0. The zero-order chi connectivity index (χ0) is 10.2. The van der Waals surface area contributed by atoms with Crippen LogP contribution >= 0.6 is 34.8 Å². The van der Waals surface area contributed by atoms with Crippen LogP contribution in [0.25, 0.3) is 0 Å². The number of amides is 1. The molecule has 0 aromatic carbocycles. The molecule has 1 aliphatic heterocycles. The van der Waals surface area contributed by atoms with Crippen molar-refractivity contribution in [3.8, 4) is 0 Å². The van der Waals surface area contributed by atoms with Crippen molar-refractivity contribution in [2.75, 3.05) is 13.1 Å². The predicted molar refractivity (Wildman–Crippen MR) is 47.8 cm³/mol. The highest BCUT2D eigenvalue weighted by atomic mass is 35.6. The second-order valence-corrected chi connectivity index (χ2v) is 5.07. The third kappa shape index (κ3) is 2.59. The number of alkyl halides is 4. The molecule has 0 saturated carbocycles. The number of aliphatic hydroxyl groups excluding tert-OH is 1. The van der Waals surface area contributed by atoms with Crippen LogP contribution in [0.5, 0.6) is 0 Å². The topological polar surface area (TPSA) is 40.5 Å². The van der Waals surface area contributed by atoms with Crippen molar-refractivity contribution in [1.82, 2.24) is 4.90 Å². The number of hydrogen-bond donors (Lipinski definition) is 1. The van der Waals surface area contributed by atoms with Gasteiger partial charge in [0, 0.05) is 6.54 Å². The molecule has 1 rings (SSSR count). The van der Waals surface area contributed by atoms with Gasteiger partial charge in [0.25, 0.3) is 9.70 Å². The van der Waals surface area contributed by atoms with E-state index in [1.165, 1.54) is 0 Å². The molecule has 1 amide bonds. The summed E-state index contributed by atoms with van der Waals surface area (Å²) < 4.78 is 10.7. The standard InChI is InChI=1S/C6H7Cl3FNO2/c7-6(8,9)5(13)11-1-3(10)4(12)2-11/h3-4,12H,1-2H2/t3-,4-/m0/s1/i10-1. The highest BCUT2D eigenvalue weighted by Gasteiger charge is 2.41. The molecule has 3 nitrogen and oxygen atoms in total. The van der Waals surface area contributed by atoms with Crippen molar-refractivity contribution in [3.05, 3.63) is 0 Å². The fourth-order valence-electron chi connectivity index (χ4n) is 1.09. The largest absolute Gasteiger partial charge is 0.388 e. The van der Waals surface area contributed by atoms with Crippen LogP contribution < -0.4 is 0 Å². The summed E-state index contributed by atoms with van der Waals surface area (Å²) in [4.78, 5) is 12.2. The Morgan fingerprint density at radius 3 is 2.31 bits per heavy atom. The van der Waals surface area contributed by atoms with Gasteiger partial charge in [-0.1, -0.05) is 34.8 Å². The second-order valence-electron chi connectivity index (χ2n) is 2.79. The Morgan fingerprint density at radius 1 is 1.46 bits per heavy atom. The SMILES string of the molecule is O=C(N1C[C@H](O)[C@@H]([18F])C1)C(Cl)(Cl)Cl. The Kier molecular flexibility index (Phi) is 3.28. The first-order valence-corrected chi connectivity index (χ1v) is 4.64. The van der Waals surface area contributed by atoms with Crippen LogP contribution in [0.2, 0.25) is 0 Å². The van der Waals surface area contributed by atoms with Gasteiger partial charge >= 0.3 is 0 Å². The van der Waals surface area contributed by atoms with E-state index < -0.39 is 22.0 Å². The number of carbonyl (C=O) groups excluding carboxylic acids is 1. The molecule has 1 saturated heterocycles. The molecule has 0 aromatic rings. The minimum atomic E-state index is -2.08. The first-order chi connectivity index (χ1) is 5.82. The number of carbonyl (C=O) groups is 1. The maximum atomic E-state index is 12.7. The summed E-state index contributed by atoms with van der Waals surface area (Å²) in [6.45, 7) is -0.359. The Morgan fingerprint density at radius 2 is 2.00 bits per heavy atom. The maximum absolute atomic E-state index is 12.7. The van der Waals surface area contributed by atoms with E-state index in [9.17, 15) is 9.18 Å². The molecule has 0 aliphatic carbocycles. The average molecular weight is 249 g/mol. The van der Waals surface area contributed by atoms with E-state index in [0.717, 1.165) is 4.90 Å². The summed E-state index contributed by atoms with van der Waals surface area (Å²) in [5.41, 5.74) is 0. The van der Waals surface area contributed by atoms with Gasteiger partial charge in [0.1, 0.15) is 12.3 Å². The smallest absolute Gasteiger partial charge is 0.274 e. The highest BCUT2D eigenvalue weighted by molar-refractivity contribution is 6.76. The maximum Gasteiger partial charge on any atom is 0.274 e. The quantitative estimate of drug-likeness (QED) is 0.648. The lowest BCUT2D eigenvalue weighted by Crippen LogP contribution is -2.38. The van der Waals surface area contributed by atoms with E-state index in [1.807, 2.05) is 0 Å². The Hall–Kier alpha value is 0.230. The van der Waals surface area contributed by atoms with Crippen molar-refractivity contribution in [2.24, 2.45) is 0 Å². The zero-order valence-corrected chi connectivity index (χ0v) is 8.65. The molecule has 0 aromatic heterocycles. The molecular weight excluding hydrogens is 242 g/mol. The number of rotatable bonds is 0. The molecule has 7 heteroatoms. The Labute approximate surface area is 89.3 Å². The number of halogens is 4. The van der Waals surface area contributed by atoms with Crippen molar-refractivity contribution < 1.29 is 14.3 Å². The van der Waals surface area contributed by atoms with Gasteiger partial charge in [-0.15, -0.1) is 0 Å². The molecule has 13 heavy (non-hydrogen) atoms. The molecule has 0 spiro atoms. The highest BCUT2D eigenvalue weighted by Crippen LogP contribution is 2.30. The zero-order valence-electron chi connectivity index (χ0n) is 6.38. The number of likely N-dealkylation sites (tertiary alicyclic amines) is 1. The molecule has 2 atom stereocenters. The van der Waals surface area contributed by atoms with Crippen LogP contribution in [0.4, 0.5) is 4.39 Å². The monoisotopic (exact) mass is 248 g/mol. The summed E-state index contributed by atoms with van der Waals surface area (Å²) in [6.07, 6.45) is -2.65. The molecule has 1 N–H and O–H groups in total. The number of aliphatic hydroxyl groups is 1. The molecular formula is C6H7Cl3FNO2. The van der Waals surface area contributed by atoms with Crippen LogP contribution in [-0.4, -0.2) is 45.1 Å². The Bertz CT molecular complexity index is 210. The summed E-state index contributed by atoms with van der Waals surface area (Å²) in [5, 5.41) is 8.98. The molecule has 1 fully saturated rings. The molecule has 76 valence electrons. The minimum absolute atomic E-state index is 0.131. The first-order valence-electron chi connectivity index (χ1n) is 3.50. The first kappa shape index (κ1) is 11.3. The third-order valence-corrected chi connectivity index (χ3v) is 2.23. The lowest BCUT2D eigenvalue weighted by Gasteiger charge is -2.19. The summed E-state index contributed by atoms with van der Waals surface area (Å²) in [5.74, 6) is -0.809. The van der Waals surface area contributed by atoms with Gasteiger partial charge < -0.3 is 10.0 Å². The summed E-state index contributed by atoms with van der Waals surface area (Å²) in [6, 6.07) is 0. The third-order valence-electron chi connectivity index (χ3n) is 1.75. The van der Waals surface area contributed by atoms with E-state index in [2.05, 4.69) is 0 Å². The lowest BCUT2D eigenvalue weighted by atomic mass is 10.3. The Balaban J connectivity index is 2.61. The van der Waals surface area contributed by atoms with E-state index in [4.69, 9.17) is 39.9 Å². The molecule has 0 bridgehead atoms. The van der Waals surface area contributed by atoms with Crippen LogP contribution in [0.15, 0.2) is 0 Å². The van der Waals surface area contributed by atoms with Crippen molar-refractivity contribution >= 4 is 40.7 Å². The molecule has 0 unspecified atom stereocenters. The molecule has 1 heterocycles. The van der Waals surface area contributed by atoms with Crippen LogP contribution in [-0.2, 0) is 4.79 Å². The normalized spacial score (nSPS) is 29.5. The number of hydrogen-bond acceptors (Lipinski definition) is 2. The molecule has 1 aliphatic rings. The van der Waals surface area contributed by atoms with E-state index in [1.54, 1.807) is 0 Å². The second kappa shape index (κ2) is 3.77. The van der Waals surface area contributed by atoms with Crippen LogP contribution in [0, 0.1) is 0 Å².